The molecule has 0 saturated carbocycles. The molecule has 9 heteroatoms. The Balaban J connectivity index is 1.79. The van der Waals surface area contributed by atoms with Gasteiger partial charge >= 0.3 is 0 Å². The molecule has 1 atom stereocenters. The van der Waals surface area contributed by atoms with Crippen LogP contribution in [0, 0.1) is 0 Å². The number of halogens is 2. The van der Waals surface area contributed by atoms with E-state index >= 15 is 0 Å². The number of anilines is 3. The average molecular weight is 456 g/mol. The van der Waals surface area contributed by atoms with E-state index in [9.17, 15) is 13.2 Å². The summed E-state index contributed by atoms with van der Waals surface area (Å²) in [5, 5.41) is 3.35. The average Bonchev–Trinajstić information content (AvgIpc) is 3.15. The number of benzene rings is 2. The van der Waals surface area contributed by atoms with Crippen LogP contribution in [-0.4, -0.2) is 39.7 Å². The summed E-state index contributed by atoms with van der Waals surface area (Å²) in [6, 6.07) is 11.0. The van der Waals surface area contributed by atoms with E-state index in [0.29, 0.717) is 5.69 Å². The fraction of sp³-hybridized carbons (Fsp3) is 0.350. The highest BCUT2D eigenvalue weighted by Crippen LogP contribution is 2.29. The van der Waals surface area contributed by atoms with Crippen LogP contribution in [0.2, 0.25) is 10.0 Å². The Morgan fingerprint density at radius 2 is 1.62 bits per heavy atom. The molecule has 1 fully saturated rings. The minimum atomic E-state index is -3.76. The smallest absolute Gasteiger partial charge is 0.247 e. The Labute approximate surface area is 181 Å². The minimum Gasteiger partial charge on any atom is -0.372 e. The Morgan fingerprint density at radius 3 is 2.14 bits per heavy atom. The van der Waals surface area contributed by atoms with Gasteiger partial charge in [-0.2, -0.15) is 0 Å². The summed E-state index contributed by atoms with van der Waals surface area (Å²) < 4.78 is 25.8. The van der Waals surface area contributed by atoms with E-state index in [1.165, 1.54) is 38.0 Å². The van der Waals surface area contributed by atoms with E-state index in [2.05, 4.69) is 10.2 Å². The third-order valence-electron chi connectivity index (χ3n) is 4.80. The van der Waals surface area contributed by atoms with Gasteiger partial charge < -0.3 is 10.2 Å². The molecular formula is C20H23Cl2N3O3S. The number of carbonyl (C=O) groups is 1. The molecule has 3 rings (SSSR count). The van der Waals surface area contributed by atoms with E-state index in [-0.39, 0.29) is 15.7 Å². The summed E-state index contributed by atoms with van der Waals surface area (Å²) in [6.07, 6.45) is 3.41. The van der Waals surface area contributed by atoms with Gasteiger partial charge in [-0.3, -0.25) is 9.10 Å². The quantitative estimate of drug-likeness (QED) is 0.700. The molecule has 2 aromatic rings. The van der Waals surface area contributed by atoms with Gasteiger partial charge in [0, 0.05) is 34.5 Å². The fourth-order valence-electron chi connectivity index (χ4n) is 3.45. The van der Waals surface area contributed by atoms with Gasteiger partial charge in [0.25, 0.3) is 0 Å². The predicted octanol–water partition coefficient (Wildman–Crippen LogP) is 4.39. The Kier molecular flexibility index (Phi) is 6.61. The van der Waals surface area contributed by atoms with E-state index in [1.54, 1.807) is 0 Å². The molecule has 0 aliphatic carbocycles. The molecule has 1 heterocycles. The molecule has 1 aliphatic rings. The van der Waals surface area contributed by atoms with Crippen LogP contribution >= 0.6 is 23.2 Å². The maximum atomic E-state index is 12.8. The first kappa shape index (κ1) is 21.7. The first-order chi connectivity index (χ1) is 13.6. The molecule has 1 aliphatic heterocycles. The van der Waals surface area contributed by atoms with Crippen LogP contribution in [0.5, 0.6) is 0 Å². The van der Waals surface area contributed by atoms with Crippen molar-refractivity contribution in [1.29, 1.82) is 0 Å². The number of hydrogen-bond donors (Lipinski definition) is 1. The maximum Gasteiger partial charge on any atom is 0.247 e. The zero-order valence-corrected chi connectivity index (χ0v) is 18.6. The number of nitrogens with zero attached hydrogens (tertiary/aromatic N) is 2. The summed E-state index contributed by atoms with van der Waals surface area (Å²) in [4.78, 5) is 15.1. The number of rotatable bonds is 6. The molecule has 0 radical (unpaired) electrons. The van der Waals surface area contributed by atoms with Crippen LogP contribution in [0.25, 0.3) is 0 Å². The highest BCUT2D eigenvalue weighted by Gasteiger charge is 2.29. The molecule has 1 N–H and O–H groups in total. The van der Waals surface area contributed by atoms with Crippen LogP contribution in [0.4, 0.5) is 17.1 Å². The van der Waals surface area contributed by atoms with Gasteiger partial charge in [-0.15, -0.1) is 0 Å². The lowest BCUT2D eigenvalue weighted by molar-refractivity contribution is -0.116. The zero-order chi connectivity index (χ0) is 21.2. The Hall–Kier alpha value is -1.96. The molecule has 0 bridgehead atoms. The van der Waals surface area contributed by atoms with E-state index in [4.69, 9.17) is 23.2 Å². The summed E-state index contributed by atoms with van der Waals surface area (Å²) in [7, 11) is -3.76. The predicted molar refractivity (Wildman–Crippen MR) is 120 cm³/mol. The van der Waals surface area contributed by atoms with Crippen molar-refractivity contribution in [2.24, 2.45) is 0 Å². The second-order valence-electron chi connectivity index (χ2n) is 7.09. The highest BCUT2D eigenvalue weighted by atomic mass is 35.5. The molecule has 6 nitrogen and oxygen atoms in total. The summed E-state index contributed by atoms with van der Waals surface area (Å²) in [5.41, 5.74) is 1.94. The van der Waals surface area contributed by atoms with Crippen molar-refractivity contribution in [2.75, 3.05) is 33.9 Å². The number of hydrogen-bond acceptors (Lipinski definition) is 4. The molecule has 0 spiro atoms. The van der Waals surface area contributed by atoms with Crippen molar-refractivity contribution >= 4 is 56.2 Å². The topological polar surface area (TPSA) is 69.7 Å². The van der Waals surface area contributed by atoms with E-state index in [0.717, 1.165) is 29.3 Å². The maximum absolute atomic E-state index is 12.8. The lowest BCUT2D eigenvalue weighted by Gasteiger charge is -2.28. The molecule has 156 valence electrons. The monoisotopic (exact) mass is 455 g/mol. The lowest BCUT2D eigenvalue weighted by Crippen LogP contribution is -2.45. The van der Waals surface area contributed by atoms with Gasteiger partial charge in [-0.25, -0.2) is 8.42 Å². The fourth-order valence-corrected chi connectivity index (χ4v) is 5.13. The van der Waals surface area contributed by atoms with Gasteiger partial charge in [0.1, 0.15) is 6.04 Å². The van der Waals surface area contributed by atoms with Gasteiger partial charge in [-0.1, -0.05) is 23.2 Å². The van der Waals surface area contributed by atoms with Crippen molar-refractivity contribution in [3.63, 3.8) is 0 Å². The van der Waals surface area contributed by atoms with Crippen LogP contribution in [0.1, 0.15) is 19.8 Å². The van der Waals surface area contributed by atoms with Crippen molar-refractivity contribution < 1.29 is 13.2 Å². The van der Waals surface area contributed by atoms with Crippen molar-refractivity contribution in [2.45, 2.75) is 25.8 Å². The zero-order valence-electron chi connectivity index (χ0n) is 16.2. The van der Waals surface area contributed by atoms with Crippen LogP contribution in [0.15, 0.2) is 42.5 Å². The normalized spacial score (nSPS) is 15.2. The van der Waals surface area contributed by atoms with E-state index in [1.807, 2.05) is 24.3 Å². The first-order valence-electron chi connectivity index (χ1n) is 9.26. The van der Waals surface area contributed by atoms with Gasteiger partial charge in [0.15, 0.2) is 0 Å². The summed E-state index contributed by atoms with van der Waals surface area (Å²) in [6.45, 7) is 3.59. The minimum absolute atomic E-state index is 0.233. The molecule has 1 amide bonds. The number of nitrogens with one attached hydrogen (secondary N) is 1. The van der Waals surface area contributed by atoms with Gasteiger partial charge in [0.05, 0.1) is 11.9 Å². The standard InChI is InChI=1S/C20H23Cl2N3O3S/c1-14(25(29(2,27)28)19-12-15(21)11-16(22)13-19)20(26)23-17-5-7-18(8-6-17)24-9-3-4-10-24/h5-8,11-14H,3-4,9-10H2,1-2H3,(H,23,26)/t14-/m0/s1. The Bertz CT molecular complexity index is 970. The van der Waals surface area contributed by atoms with Crippen LogP contribution in [0.3, 0.4) is 0 Å². The third kappa shape index (κ3) is 5.35. The van der Waals surface area contributed by atoms with Gasteiger partial charge in [0.2, 0.25) is 15.9 Å². The first-order valence-corrected chi connectivity index (χ1v) is 11.9. The second kappa shape index (κ2) is 8.81. The molecular weight excluding hydrogens is 433 g/mol. The number of amides is 1. The summed E-state index contributed by atoms with van der Waals surface area (Å²) >= 11 is 12.0. The second-order valence-corrected chi connectivity index (χ2v) is 9.83. The SMILES string of the molecule is C[C@@H](C(=O)Nc1ccc(N2CCCC2)cc1)N(c1cc(Cl)cc(Cl)c1)S(C)(=O)=O. The van der Waals surface area contributed by atoms with E-state index < -0.39 is 22.0 Å². The highest BCUT2D eigenvalue weighted by molar-refractivity contribution is 7.92. The van der Waals surface area contributed by atoms with Crippen molar-refractivity contribution in [1.82, 2.24) is 0 Å². The van der Waals surface area contributed by atoms with Crippen LogP contribution in [-0.2, 0) is 14.8 Å². The molecule has 29 heavy (non-hydrogen) atoms. The number of sulfonamides is 1. The Morgan fingerprint density at radius 1 is 1.07 bits per heavy atom. The lowest BCUT2D eigenvalue weighted by atomic mass is 10.2. The van der Waals surface area contributed by atoms with Gasteiger partial charge in [-0.05, 0) is 62.2 Å². The molecule has 0 aromatic heterocycles. The van der Waals surface area contributed by atoms with Crippen LogP contribution < -0.4 is 14.5 Å². The third-order valence-corrected chi connectivity index (χ3v) is 6.47. The summed E-state index contributed by atoms with van der Waals surface area (Å²) in [5.74, 6) is -0.458. The molecule has 1 saturated heterocycles. The molecule has 2 aromatic carbocycles. The molecule has 0 unspecified atom stereocenters. The largest absolute Gasteiger partial charge is 0.372 e. The van der Waals surface area contributed by atoms with Crippen molar-refractivity contribution in [3.8, 4) is 0 Å². The number of carbonyl (C=O) groups excluding carboxylic acids is 1. The van der Waals surface area contributed by atoms with Crippen molar-refractivity contribution in [3.05, 3.63) is 52.5 Å².